The highest BCUT2D eigenvalue weighted by Crippen LogP contribution is 2.32. The van der Waals surface area contributed by atoms with Gasteiger partial charge < -0.3 is 0 Å². The molecule has 0 N–H and O–H groups in total. The second-order valence-corrected chi connectivity index (χ2v) is 4.74. The molecule has 0 saturated carbocycles. The van der Waals surface area contributed by atoms with Crippen LogP contribution in [0, 0.1) is 6.92 Å². The lowest BCUT2D eigenvalue weighted by Gasteiger charge is -2.10. The highest BCUT2D eigenvalue weighted by Gasteiger charge is 2.10. The number of hydrogen-bond acceptors (Lipinski definition) is 2. The van der Waals surface area contributed by atoms with Gasteiger partial charge in [-0.3, -0.25) is 4.98 Å². The van der Waals surface area contributed by atoms with Crippen LogP contribution < -0.4 is 0 Å². The number of aromatic nitrogens is 1. The van der Waals surface area contributed by atoms with Gasteiger partial charge >= 0.3 is 0 Å². The standard InChI is InChI=1S/C12H15NS/c1-4-8(2)10-5-13-6-11-12(10)9(3)7-14-11/h5-8H,4H2,1-3H3. The molecule has 2 heterocycles. The fraction of sp³-hybridized carbons (Fsp3) is 0.417. The fourth-order valence-electron chi connectivity index (χ4n) is 1.77. The maximum absolute atomic E-state index is 4.31. The van der Waals surface area contributed by atoms with Gasteiger partial charge in [-0.15, -0.1) is 11.3 Å². The lowest BCUT2D eigenvalue weighted by atomic mass is 9.96. The summed E-state index contributed by atoms with van der Waals surface area (Å²) >= 11 is 1.79. The Morgan fingerprint density at radius 2 is 2.21 bits per heavy atom. The molecule has 74 valence electrons. The van der Waals surface area contributed by atoms with E-state index in [1.807, 2.05) is 12.4 Å². The minimum absolute atomic E-state index is 0.611. The van der Waals surface area contributed by atoms with E-state index < -0.39 is 0 Å². The van der Waals surface area contributed by atoms with Crippen molar-refractivity contribution in [3.63, 3.8) is 0 Å². The summed E-state index contributed by atoms with van der Waals surface area (Å²) in [5, 5.41) is 3.65. The van der Waals surface area contributed by atoms with Crippen LogP contribution in [0.5, 0.6) is 0 Å². The predicted octanol–water partition coefficient (Wildman–Crippen LogP) is 4.12. The van der Waals surface area contributed by atoms with Gasteiger partial charge in [0.2, 0.25) is 0 Å². The molecule has 2 aromatic heterocycles. The zero-order valence-corrected chi connectivity index (χ0v) is 9.69. The molecule has 0 saturated heterocycles. The number of aryl methyl sites for hydroxylation is 1. The monoisotopic (exact) mass is 205 g/mol. The molecule has 0 aliphatic carbocycles. The summed E-state index contributed by atoms with van der Waals surface area (Å²) in [7, 11) is 0. The van der Waals surface area contributed by atoms with Gasteiger partial charge in [0.1, 0.15) is 0 Å². The van der Waals surface area contributed by atoms with Crippen LogP contribution >= 0.6 is 11.3 Å². The summed E-state index contributed by atoms with van der Waals surface area (Å²) in [5.74, 6) is 0.611. The van der Waals surface area contributed by atoms with Gasteiger partial charge in [-0.2, -0.15) is 0 Å². The molecule has 0 aliphatic rings. The van der Waals surface area contributed by atoms with Crippen molar-refractivity contribution >= 4 is 21.4 Å². The van der Waals surface area contributed by atoms with Gasteiger partial charge in [0.05, 0.1) is 4.70 Å². The Hall–Kier alpha value is -0.890. The Kier molecular flexibility index (Phi) is 2.55. The summed E-state index contributed by atoms with van der Waals surface area (Å²) in [6, 6.07) is 0. The number of fused-ring (bicyclic) bond motifs is 1. The van der Waals surface area contributed by atoms with Gasteiger partial charge in [-0.1, -0.05) is 13.8 Å². The Morgan fingerprint density at radius 1 is 1.43 bits per heavy atom. The lowest BCUT2D eigenvalue weighted by Crippen LogP contribution is -1.93. The van der Waals surface area contributed by atoms with Crippen LogP contribution in [0.25, 0.3) is 10.1 Å². The van der Waals surface area contributed by atoms with Crippen molar-refractivity contribution in [1.82, 2.24) is 4.98 Å². The van der Waals surface area contributed by atoms with Crippen LogP contribution in [-0.2, 0) is 0 Å². The van der Waals surface area contributed by atoms with Crippen LogP contribution in [0.1, 0.15) is 37.3 Å². The van der Waals surface area contributed by atoms with Crippen molar-refractivity contribution in [2.24, 2.45) is 0 Å². The van der Waals surface area contributed by atoms with Gasteiger partial charge in [0.15, 0.2) is 0 Å². The average molecular weight is 205 g/mol. The van der Waals surface area contributed by atoms with Crippen molar-refractivity contribution in [3.8, 4) is 0 Å². The normalized spacial score (nSPS) is 13.4. The molecule has 0 radical (unpaired) electrons. The molecular formula is C12H15NS. The first-order valence-electron chi connectivity index (χ1n) is 5.05. The van der Waals surface area contributed by atoms with Gasteiger partial charge in [-0.25, -0.2) is 0 Å². The zero-order valence-electron chi connectivity index (χ0n) is 8.87. The van der Waals surface area contributed by atoms with E-state index in [-0.39, 0.29) is 0 Å². The highest BCUT2D eigenvalue weighted by molar-refractivity contribution is 7.17. The number of hydrogen-bond donors (Lipinski definition) is 0. The second kappa shape index (κ2) is 3.70. The van der Waals surface area contributed by atoms with Gasteiger partial charge in [0, 0.05) is 17.8 Å². The van der Waals surface area contributed by atoms with Crippen LogP contribution in [-0.4, -0.2) is 4.98 Å². The molecule has 14 heavy (non-hydrogen) atoms. The van der Waals surface area contributed by atoms with E-state index in [4.69, 9.17) is 0 Å². The van der Waals surface area contributed by atoms with E-state index in [1.165, 1.54) is 27.6 Å². The van der Waals surface area contributed by atoms with E-state index in [1.54, 1.807) is 11.3 Å². The van der Waals surface area contributed by atoms with Crippen LogP contribution in [0.15, 0.2) is 17.8 Å². The first-order chi connectivity index (χ1) is 6.74. The van der Waals surface area contributed by atoms with Gasteiger partial charge in [0.25, 0.3) is 0 Å². The quantitative estimate of drug-likeness (QED) is 0.718. The summed E-state index contributed by atoms with van der Waals surface area (Å²) in [6.07, 6.45) is 5.17. The Bertz CT molecular complexity index is 445. The topological polar surface area (TPSA) is 12.9 Å². The molecule has 0 bridgehead atoms. The van der Waals surface area contributed by atoms with Crippen molar-refractivity contribution in [2.75, 3.05) is 0 Å². The number of nitrogens with zero attached hydrogens (tertiary/aromatic N) is 1. The second-order valence-electron chi connectivity index (χ2n) is 3.83. The van der Waals surface area contributed by atoms with E-state index in [0.717, 1.165) is 0 Å². The smallest absolute Gasteiger partial charge is 0.0531 e. The molecule has 0 amide bonds. The molecule has 2 rings (SSSR count). The molecule has 1 nitrogen and oxygen atoms in total. The molecule has 1 atom stereocenters. The summed E-state index contributed by atoms with van der Waals surface area (Å²) in [5.41, 5.74) is 2.80. The molecular weight excluding hydrogens is 190 g/mol. The largest absolute Gasteiger partial charge is 0.263 e. The molecule has 0 aromatic carbocycles. The molecule has 0 aliphatic heterocycles. The predicted molar refractivity (Wildman–Crippen MR) is 63.1 cm³/mol. The minimum atomic E-state index is 0.611. The van der Waals surface area contributed by atoms with Crippen molar-refractivity contribution in [3.05, 3.63) is 28.9 Å². The number of pyridine rings is 1. The van der Waals surface area contributed by atoms with Crippen LogP contribution in [0.2, 0.25) is 0 Å². The molecule has 2 aromatic rings. The first-order valence-corrected chi connectivity index (χ1v) is 5.93. The summed E-state index contributed by atoms with van der Waals surface area (Å²) < 4.78 is 1.32. The van der Waals surface area contributed by atoms with E-state index in [0.29, 0.717) is 5.92 Å². The third-order valence-electron chi connectivity index (χ3n) is 2.84. The maximum atomic E-state index is 4.31. The summed E-state index contributed by atoms with van der Waals surface area (Å²) in [6.45, 7) is 6.68. The maximum Gasteiger partial charge on any atom is 0.0531 e. The van der Waals surface area contributed by atoms with Crippen molar-refractivity contribution in [2.45, 2.75) is 33.1 Å². The molecule has 1 unspecified atom stereocenters. The third kappa shape index (κ3) is 1.44. The third-order valence-corrected chi connectivity index (χ3v) is 3.88. The SMILES string of the molecule is CCC(C)c1cncc2scc(C)c12. The lowest BCUT2D eigenvalue weighted by molar-refractivity contribution is 0.736. The minimum Gasteiger partial charge on any atom is -0.263 e. The van der Waals surface area contributed by atoms with Gasteiger partial charge in [-0.05, 0) is 35.8 Å². The Morgan fingerprint density at radius 3 is 2.93 bits per heavy atom. The summed E-state index contributed by atoms with van der Waals surface area (Å²) in [4.78, 5) is 4.31. The molecule has 2 heteroatoms. The van der Waals surface area contributed by atoms with Crippen molar-refractivity contribution in [1.29, 1.82) is 0 Å². The Labute approximate surface area is 88.8 Å². The van der Waals surface area contributed by atoms with E-state index in [9.17, 15) is 0 Å². The van der Waals surface area contributed by atoms with E-state index in [2.05, 4.69) is 31.1 Å². The molecule has 0 spiro atoms. The fourth-order valence-corrected chi connectivity index (χ4v) is 2.71. The molecule has 0 fully saturated rings. The zero-order chi connectivity index (χ0) is 10.1. The number of thiophene rings is 1. The number of rotatable bonds is 2. The highest BCUT2D eigenvalue weighted by atomic mass is 32.1. The Balaban J connectivity index is 2.69. The van der Waals surface area contributed by atoms with Crippen molar-refractivity contribution < 1.29 is 0 Å². The van der Waals surface area contributed by atoms with Crippen LogP contribution in [0.4, 0.5) is 0 Å². The van der Waals surface area contributed by atoms with Crippen LogP contribution in [0.3, 0.4) is 0 Å². The average Bonchev–Trinajstić information content (AvgIpc) is 2.59. The first kappa shape index (κ1) is 9.66. The van der Waals surface area contributed by atoms with E-state index >= 15 is 0 Å².